The molecule has 2 nitrogen and oxygen atoms in total. The Kier molecular flexibility index (Phi) is 2.55. The van der Waals surface area contributed by atoms with Gasteiger partial charge in [0.15, 0.2) is 0 Å². The van der Waals surface area contributed by atoms with Gasteiger partial charge in [-0.2, -0.15) is 0 Å². The lowest BCUT2D eigenvalue weighted by Crippen LogP contribution is -2.38. The number of rotatable bonds is 3. The molecule has 0 amide bonds. The van der Waals surface area contributed by atoms with Crippen LogP contribution in [0, 0.1) is 11.8 Å². The van der Waals surface area contributed by atoms with Crippen molar-refractivity contribution >= 4 is 5.78 Å². The van der Waals surface area contributed by atoms with Crippen molar-refractivity contribution in [1.29, 1.82) is 0 Å². The number of piperidine rings is 1. The lowest BCUT2D eigenvalue weighted by Gasteiger charge is -2.26. The summed E-state index contributed by atoms with van der Waals surface area (Å²) in [7, 11) is 0. The molecule has 0 radical (unpaired) electrons. The summed E-state index contributed by atoms with van der Waals surface area (Å²) in [5, 5.41) is 0. The van der Waals surface area contributed by atoms with Crippen LogP contribution in [0.3, 0.4) is 0 Å². The van der Waals surface area contributed by atoms with Crippen LogP contribution in [0.1, 0.15) is 44.9 Å². The summed E-state index contributed by atoms with van der Waals surface area (Å²) in [6.07, 6.45) is 9.03. The number of nitrogens with zero attached hydrogens (tertiary/aromatic N) is 1. The van der Waals surface area contributed by atoms with Gasteiger partial charge in [0.25, 0.3) is 0 Å². The van der Waals surface area contributed by atoms with Crippen LogP contribution < -0.4 is 0 Å². The van der Waals surface area contributed by atoms with Gasteiger partial charge in [0.05, 0.1) is 6.54 Å². The molecule has 1 aliphatic heterocycles. The zero-order valence-electron chi connectivity index (χ0n) is 9.45. The maximum absolute atomic E-state index is 12.0. The summed E-state index contributed by atoms with van der Waals surface area (Å²) < 4.78 is 0. The van der Waals surface area contributed by atoms with Crippen LogP contribution in [0.4, 0.5) is 0 Å². The van der Waals surface area contributed by atoms with Gasteiger partial charge in [-0.15, -0.1) is 0 Å². The summed E-state index contributed by atoms with van der Waals surface area (Å²) in [4.78, 5) is 14.5. The second kappa shape index (κ2) is 3.89. The van der Waals surface area contributed by atoms with E-state index in [2.05, 4.69) is 4.90 Å². The molecule has 1 heterocycles. The average molecular weight is 207 g/mol. The number of fused-ring (bicyclic) bond motifs is 2. The molecule has 0 N–H and O–H groups in total. The van der Waals surface area contributed by atoms with E-state index in [9.17, 15) is 4.79 Å². The second-order valence-electron chi connectivity index (χ2n) is 5.71. The zero-order valence-corrected chi connectivity index (χ0v) is 9.45. The standard InChI is InChI=1S/C13H21NO/c15-13(11-3-1-2-4-11)9-14-8-10-5-6-12(14)7-10/h10-12H,1-9H2. The third-order valence-electron chi connectivity index (χ3n) is 4.69. The first-order valence-electron chi connectivity index (χ1n) is 6.59. The predicted octanol–water partition coefficient (Wildman–Crippen LogP) is 2.23. The predicted molar refractivity (Wildman–Crippen MR) is 59.7 cm³/mol. The van der Waals surface area contributed by atoms with Crippen LogP contribution in [0.25, 0.3) is 0 Å². The fourth-order valence-corrected chi connectivity index (χ4v) is 3.80. The van der Waals surface area contributed by atoms with E-state index in [0.29, 0.717) is 11.7 Å². The molecule has 3 rings (SSSR count). The number of carbonyl (C=O) groups is 1. The lowest BCUT2D eigenvalue weighted by atomic mass is 10.0. The molecule has 15 heavy (non-hydrogen) atoms. The van der Waals surface area contributed by atoms with Gasteiger partial charge in [-0.05, 0) is 38.0 Å². The van der Waals surface area contributed by atoms with E-state index in [0.717, 1.165) is 18.5 Å². The van der Waals surface area contributed by atoms with E-state index in [1.165, 1.54) is 51.5 Å². The molecule has 2 aliphatic carbocycles. The number of Topliss-reactive ketones (excluding diaryl/α,β-unsaturated/α-hetero) is 1. The molecule has 0 aromatic carbocycles. The Hall–Kier alpha value is -0.370. The summed E-state index contributed by atoms with van der Waals surface area (Å²) in [6.45, 7) is 1.98. The topological polar surface area (TPSA) is 20.3 Å². The summed E-state index contributed by atoms with van der Waals surface area (Å²) in [5.41, 5.74) is 0. The van der Waals surface area contributed by atoms with Crippen LogP contribution in [-0.2, 0) is 4.79 Å². The Labute approximate surface area is 92.0 Å². The Morgan fingerprint density at radius 1 is 1.13 bits per heavy atom. The van der Waals surface area contributed by atoms with E-state index in [-0.39, 0.29) is 0 Å². The molecule has 2 bridgehead atoms. The minimum atomic E-state index is 0.420. The maximum Gasteiger partial charge on any atom is 0.149 e. The molecule has 84 valence electrons. The number of hydrogen-bond acceptors (Lipinski definition) is 2. The molecule has 2 atom stereocenters. The Morgan fingerprint density at radius 2 is 1.93 bits per heavy atom. The highest BCUT2D eigenvalue weighted by Gasteiger charge is 2.39. The molecule has 2 unspecified atom stereocenters. The van der Waals surface area contributed by atoms with E-state index in [1.807, 2.05) is 0 Å². The SMILES string of the molecule is O=C(CN1CC2CCC1C2)C1CCCC1. The fraction of sp³-hybridized carbons (Fsp3) is 0.923. The van der Waals surface area contributed by atoms with Crippen molar-refractivity contribution in [2.24, 2.45) is 11.8 Å². The van der Waals surface area contributed by atoms with Gasteiger partial charge in [0, 0.05) is 18.5 Å². The van der Waals surface area contributed by atoms with Crippen molar-refractivity contribution in [3.05, 3.63) is 0 Å². The Morgan fingerprint density at radius 3 is 2.53 bits per heavy atom. The van der Waals surface area contributed by atoms with Crippen molar-refractivity contribution in [3.8, 4) is 0 Å². The summed E-state index contributed by atoms with van der Waals surface area (Å²) >= 11 is 0. The quantitative estimate of drug-likeness (QED) is 0.707. The van der Waals surface area contributed by atoms with Gasteiger partial charge in [0.1, 0.15) is 5.78 Å². The van der Waals surface area contributed by atoms with Crippen LogP contribution >= 0.6 is 0 Å². The average Bonchev–Trinajstić information content (AvgIpc) is 2.95. The lowest BCUT2D eigenvalue weighted by molar-refractivity contribution is -0.124. The third-order valence-corrected chi connectivity index (χ3v) is 4.69. The van der Waals surface area contributed by atoms with Gasteiger partial charge in [-0.1, -0.05) is 12.8 Å². The van der Waals surface area contributed by atoms with Gasteiger partial charge in [-0.3, -0.25) is 9.69 Å². The maximum atomic E-state index is 12.0. The van der Waals surface area contributed by atoms with Crippen LogP contribution in [-0.4, -0.2) is 29.8 Å². The highest BCUT2D eigenvalue weighted by molar-refractivity contribution is 5.83. The van der Waals surface area contributed by atoms with Crippen LogP contribution in [0.15, 0.2) is 0 Å². The van der Waals surface area contributed by atoms with Crippen molar-refractivity contribution < 1.29 is 4.79 Å². The van der Waals surface area contributed by atoms with Crippen molar-refractivity contribution in [2.45, 2.75) is 51.0 Å². The molecule has 0 spiro atoms. The van der Waals surface area contributed by atoms with Gasteiger partial charge >= 0.3 is 0 Å². The Balaban J connectivity index is 1.54. The first-order valence-corrected chi connectivity index (χ1v) is 6.59. The first-order chi connectivity index (χ1) is 7.33. The van der Waals surface area contributed by atoms with E-state index in [1.54, 1.807) is 0 Å². The van der Waals surface area contributed by atoms with Crippen molar-refractivity contribution in [3.63, 3.8) is 0 Å². The number of likely N-dealkylation sites (tertiary alicyclic amines) is 1. The van der Waals surface area contributed by atoms with Gasteiger partial charge < -0.3 is 0 Å². The van der Waals surface area contributed by atoms with Crippen molar-refractivity contribution in [1.82, 2.24) is 4.90 Å². The van der Waals surface area contributed by atoms with Crippen molar-refractivity contribution in [2.75, 3.05) is 13.1 Å². The molecule has 0 aromatic rings. The number of hydrogen-bond donors (Lipinski definition) is 0. The molecule has 1 saturated heterocycles. The molecular formula is C13H21NO. The second-order valence-corrected chi connectivity index (χ2v) is 5.71. The minimum Gasteiger partial charge on any atom is -0.298 e. The summed E-state index contributed by atoms with van der Waals surface area (Å²) in [6, 6.07) is 0.764. The molecule has 0 aromatic heterocycles. The largest absolute Gasteiger partial charge is 0.298 e. The zero-order chi connectivity index (χ0) is 10.3. The van der Waals surface area contributed by atoms with E-state index < -0.39 is 0 Å². The minimum absolute atomic E-state index is 0.420. The normalized spacial score (nSPS) is 36.5. The highest BCUT2D eigenvalue weighted by atomic mass is 16.1. The first kappa shape index (κ1) is 9.83. The number of ketones is 1. The van der Waals surface area contributed by atoms with Crippen LogP contribution in [0.2, 0.25) is 0 Å². The van der Waals surface area contributed by atoms with E-state index >= 15 is 0 Å². The van der Waals surface area contributed by atoms with E-state index in [4.69, 9.17) is 0 Å². The number of carbonyl (C=O) groups excluding carboxylic acids is 1. The van der Waals surface area contributed by atoms with Gasteiger partial charge in [-0.25, -0.2) is 0 Å². The third kappa shape index (κ3) is 1.84. The molecule has 2 heteroatoms. The molecular weight excluding hydrogens is 186 g/mol. The highest BCUT2D eigenvalue weighted by Crippen LogP contribution is 2.37. The smallest absolute Gasteiger partial charge is 0.149 e. The monoisotopic (exact) mass is 207 g/mol. The molecule has 3 aliphatic rings. The van der Waals surface area contributed by atoms with Crippen LogP contribution in [0.5, 0.6) is 0 Å². The Bertz CT molecular complexity index is 257. The fourth-order valence-electron chi connectivity index (χ4n) is 3.80. The summed E-state index contributed by atoms with van der Waals surface area (Å²) in [5.74, 6) is 1.88. The molecule has 3 fully saturated rings. The van der Waals surface area contributed by atoms with Gasteiger partial charge in [0.2, 0.25) is 0 Å². The molecule has 2 saturated carbocycles.